The Hall–Kier alpha value is -1.69. The molecule has 1 amide bonds. The van der Waals surface area contributed by atoms with E-state index < -0.39 is 0 Å². The fourth-order valence-corrected chi connectivity index (χ4v) is 4.97. The number of nitrogens with one attached hydrogen (secondary N) is 1. The summed E-state index contributed by atoms with van der Waals surface area (Å²) in [5, 5.41) is 5.43. The zero-order valence-electron chi connectivity index (χ0n) is 16.0. The highest BCUT2D eigenvalue weighted by molar-refractivity contribution is 7.10. The maximum atomic E-state index is 12.3. The van der Waals surface area contributed by atoms with Gasteiger partial charge in [-0.25, -0.2) is 0 Å². The first kappa shape index (κ1) is 18.7. The summed E-state index contributed by atoms with van der Waals surface area (Å²) in [7, 11) is 0. The van der Waals surface area contributed by atoms with Crippen LogP contribution < -0.4 is 5.32 Å². The number of hydrogen-bond donors (Lipinski definition) is 1. The molecule has 1 saturated carbocycles. The van der Waals surface area contributed by atoms with Crippen molar-refractivity contribution in [3.05, 3.63) is 58.3 Å². The molecule has 0 bridgehead atoms. The Morgan fingerprint density at radius 1 is 1.11 bits per heavy atom. The number of hydrogen-bond acceptors (Lipinski definition) is 4. The van der Waals surface area contributed by atoms with Gasteiger partial charge in [-0.3, -0.25) is 14.6 Å². The maximum Gasteiger partial charge on any atom is 0.223 e. The van der Waals surface area contributed by atoms with Crippen LogP contribution in [0.3, 0.4) is 0 Å². The van der Waals surface area contributed by atoms with E-state index in [0.717, 1.165) is 45.6 Å². The van der Waals surface area contributed by atoms with Crippen LogP contribution in [0, 0.1) is 5.92 Å². The maximum absolute atomic E-state index is 12.3. The summed E-state index contributed by atoms with van der Waals surface area (Å²) in [5.74, 6) is 0.505. The standard InChI is InChI=1S/C22H29N3OS/c1-17(23-22(26)19-9-10-19)21(20-8-5-15-27-20)25-13-11-24(12-14-25)16-18-6-3-2-4-7-18/h2-8,15,17,19,21H,9-14,16H2,1H3,(H,23,26)/t17-,21+/m1/s1. The van der Waals surface area contributed by atoms with Crippen LogP contribution in [0.15, 0.2) is 47.8 Å². The highest BCUT2D eigenvalue weighted by atomic mass is 32.1. The lowest BCUT2D eigenvalue weighted by Gasteiger charge is -2.41. The lowest BCUT2D eigenvalue weighted by atomic mass is 10.0. The summed E-state index contributed by atoms with van der Waals surface area (Å²) in [6.45, 7) is 7.41. The van der Waals surface area contributed by atoms with Crippen molar-refractivity contribution < 1.29 is 4.79 Å². The number of piperazine rings is 1. The number of rotatable bonds is 7. The fourth-order valence-electron chi connectivity index (χ4n) is 4.01. The molecule has 1 aliphatic carbocycles. The van der Waals surface area contributed by atoms with Gasteiger partial charge in [0.1, 0.15) is 0 Å². The van der Waals surface area contributed by atoms with Gasteiger partial charge in [-0.2, -0.15) is 0 Å². The largest absolute Gasteiger partial charge is 0.351 e. The van der Waals surface area contributed by atoms with Gasteiger partial charge in [0.05, 0.1) is 6.04 Å². The lowest BCUT2D eigenvalue weighted by Crippen LogP contribution is -2.52. The van der Waals surface area contributed by atoms with Crippen LogP contribution in [-0.2, 0) is 11.3 Å². The van der Waals surface area contributed by atoms with Gasteiger partial charge in [0.2, 0.25) is 5.91 Å². The topological polar surface area (TPSA) is 35.6 Å². The number of nitrogens with zero attached hydrogens (tertiary/aromatic N) is 2. The molecular formula is C22H29N3OS. The molecule has 1 aromatic heterocycles. The van der Waals surface area contributed by atoms with Gasteiger partial charge in [0.15, 0.2) is 0 Å². The zero-order chi connectivity index (χ0) is 18.6. The van der Waals surface area contributed by atoms with Crippen LogP contribution in [0.25, 0.3) is 0 Å². The summed E-state index contributed by atoms with van der Waals surface area (Å²) < 4.78 is 0. The van der Waals surface area contributed by atoms with Crippen LogP contribution in [0.1, 0.15) is 36.2 Å². The summed E-state index contributed by atoms with van der Waals surface area (Å²) in [6.07, 6.45) is 2.11. The molecule has 4 rings (SSSR count). The van der Waals surface area contributed by atoms with E-state index in [2.05, 4.69) is 69.9 Å². The van der Waals surface area contributed by atoms with Crippen molar-refractivity contribution in [2.45, 2.75) is 38.4 Å². The molecule has 2 aliphatic rings. The summed E-state index contributed by atoms with van der Waals surface area (Å²) in [4.78, 5) is 18.7. The van der Waals surface area contributed by atoms with E-state index in [1.165, 1.54) is 10.4 Å². The smallest absolute Gasteiger partial charge is 0.223 e. The Labute approximate surface area is 166 Å². The Bertz CT molecular complexity index is 721. The predicted molar refractivity (Wildman–Crippen MR) is 111 cm³/mol. The number of amides is 1. The van der Waals surface area contributed by atoms with Crippen LogP contribution >= 0.6 is 11.3 Å². The number of benzene rings is 1. The van der Waals surface area contributed by atoms with E-state index in [4.69, 9.17) is 0 Å². The van der Waals surface area contributed by atoms with Crippen molar-refractivity contribution in [3.63, 3.8) is 0 Å². The fraction of sp³-hybridized carbons (Fsp3) is 0.500. The van der Waals surface area contributed by atoms with Crippen LogP contribution in [0.2, 0.25) is 0 Å². The third-order valence-electron chi connectivity index (χ3n) is 5.68. The number of carbonyl (C=O) groups is 1. The van der Waals surface area contributed by atoms with Crippen molar-refractivity contribution in [3.8, 4) is 0 Å². The third kappa shape index (κ3) is 4.78. The molecule has 1 saturated heterocycles. The van der Waals surface area contributed by atoms with E-state index >= 15 is 0 Å². The summed E-state index contributed by atoms with van der Waals surface area (Å²) in [6, 6.07) is 15.4. The average molecular weight is 384 g/mol. The van der Waals surface area contributed by atoms with E-state index in [1.54, 1.807) is 11.3 Å². The summed E-state index contributed by atoms with van der Waals surface area (Å²) in [5.41, 5.74) is 1.38. The minimum Gasteiger partial charge on any atom is -0.351 e. The van der Waals surface area contributed by atoms with Crippen LogP contribution in [-0.4, -0.2) is 47.9 Å². The van der Waals surface area contributed by atoms with Crippen molar-refractivity contribution in [2.24, 2.45) is 5.92 Å². The van der Waals surface area contributed by atoms with Gasteiger partial charge in [-0.1, -0.05) is 36.4 Å². The van der Waals surface area contributed by atoms with E-state index in [1.807, 2.05) is 0 Å². The molecule has 4 nitrogen and oxygen atoms in total. The molecule has 1 aliphatic heterocycles. The molecule has 2 aromatic rings. The second-order valence-electron chi connectivity index (χ2n) is 7.83. The second-order valence-corrected chi connectivity index (χ2v) is 8.81. The minimum atomic E-state index is 0.137. The normalized spacial score (nSPS) is 20.9. The molecule has 0 unspecified atom stereocenters. The van der Waals surface area contributed by atoms with Gasteiger partial charge >= 0.3 is 0 Å². The molecule has 5 heteroatoms. The molecule has 0 radical (unpaired) electrons. The van der Waals surface area contributed by atoms with E-state index in [9.17, 15) is 4.79 Å². The Morgan fingerprint density at radius 2 is 1.85 bits per heavy atom. The summed E-state index contributed by atoms with van der Waals surface area (Å²) >= 11 is 1.80. The first-order chi connectivity index (χ1) is 13.2. The van der Waals surface area contributed by atoms with Crippen molar-refractivity contribution in [1.82, 2.24) is 15.1 Å². The highest BCUT2D eigenvalue weighted by Crippen LogP contribution is 2.32. The van der Waals surface area contributed by atoms with Gasteiger partial charge in [0.25, 0.3) is 0 Å². The Kier molecular flexibility index (Phi) is 5.91. The molecule has 1 aromatic carbocycles. The van der Waals surface area contributed by atoms with E-state index in [-0.39, 0.29) is 23.9 Å². The number of carbonyl (C=O) groups excluding carboxylic acids is 1. The van der Waals surface area contributed by atoms with E-state index in [0.29, 0.717) is 0 Å². The molecule has 2 heterocycles. The zero-order valence-corrected chi connectivity index (χ0v) is 16.8. The predicted octanol–water partition coefficient (Wildman–Crippen LogP) is 3.52. The molecule has 0 spiro atoms. The third-order valence-corrected chi connectivity index (χ3v) is 6.62. The average Bonchev–Trinajstić information content (AvgIpc) is 3.41. The first-order valence-corrected chi connectivity index (χ1v) is 10.9. The van der Waals surface area contributed by atoms with Crippen molar-refractivity contribution in [1.29, 1.82) is 0 Å². The van der Waals surface area contributed by atoms with Gasteiger partial charge in [-0.05, 0) is 36.8 Å². The van der Waals surface area contributed by atoms with Gasteiger partial charge in [0, 0.05) is 49.6 Å². The van der Waals surface area contributed by atoms with Gasteiger partial charge in [-0.15, -0.1) is 11.3 Å². The molecule has 1 N–H and O–H groups in total. The quantitative estimate of drug-likeness (QED) is 0.795. The molecule has 2 fully saturated rings. The monoisotopic (exact) mass is 383 g/mol. The Morgan fingerprint density at radius 3 is 2.48 bits per heavy atom. The molecular weight excluding hydrogens is 354 g/mol. The van der Waals surface area contributed by atoms with Crippen molar-refractivity contribution in [2.75, 3.05) is 26.2 Å². The number of thiophene rings is 1. The molecule has 27 heavy (non-hydrogen) atoms. The highest BCUT2D eigenvalue weighted by Gasteiger charge is 2.34. The van der Waals surface area contributed by atoms with Crippen molar-refractivity contribution >= 4 is 17.2 Å². The Balaban J connectivity index is 1.38. The van der Waals surface area contributed by atoms with Gasteiger partial charge < -0.3 is 5.32 Å². The molecule has 144 valence electrons. The lowest BCUT2D eigenvalue weighted by molar-refractivity contribution is -0.123. The first-order valence-electron chi connectivity index (χ1n) is 10.0. The van der Waals surface area contributed by atoms with Crippen LogP contribution in [0.4, 0.5) is 0 Å². The minimum absolute atomic E-state index is 0.137. The second kappa shape index (κ2) is 8.55. The van der Waals surface area contributed by atoms with Crippen LogP contribution in [0.5, 0.6) is 0 Å². The molecule has 2 atom stereocenters. The SMILES string of the molecule is C[C@@H](NC(=O)C1CC1)[C@@H](c1cccs1)N1CCN(Cc2ccccc2)CC1.